The van der Waals surface area contributed by atoms with Crippen molar-refractivity contribution in [2.24, 2.45) is 0 Å². The maximum Gasteiger partial charge on any atom is 0.336 e. The van der Waals surface area contributed by atoms with E-state index in [1.165, 1.54) is 13.0 Å². The minimum Gasteiger partial charge on any atom is -0.478 e. The third kappa shape index (κ3) is 1.99. The SMILES string of the molecule is Cc1cc(Br)c([N+](=O)[O-])c(C)c1C(=O)O. The molecule has 0 atom stereocenters. The maximum absolute atomic E-state index is 10.9. The average Bonchev–Trinajstić information content (AvgIpc) is 1.99. The molecule has 0 spiro atoms. The summed E-state index contributed by atoms with van der Waals surface area (Å²) in [6.45, 7) is 3.03. The quantitative estimate of drug-likeness (QED) is 0.664. The predicted molar refractivity (Wildman–Crippen MR) is 57.2 cm³/mol. The second-order valence-corrected chi connectivity index (χ2v) is 3.94. The molecule has 0 fully saturated rings. The molecule has 0 saturated heterocycles. The van der Waals surface area contributed by atoms with Crippen LogP contribution in [0.15, 0.2) is 10.5 Å². The molecule has 0 radical (unpaired) electrons. The van der Waals surface area contributed by atoms with Gasteiger partial charge in [0, 0.05) is 5.56 Å². The largest absolute Gasteiger partial charge is 0.478 e. The molecule has 5 nitrogen and oxygen atoms in total. The second kappa shape index (κ2) is 3.98. The third-order valence-electron chi connectivity index (χ3n) is 2.09. The van der Waals surface area contributed by atoms with Crippen LogP contribution in [0.2, 0.25) is 0 Å². The monoisotopic (exact) mass is 273 g/mol. The van der Waals surface area contributed by atoms with Crippen molar-refractivity contribution in [1.29, 1.82) is 0 Å². The Morgan fingerprint density at radius 2 is 2.07 bits per heavy atom. The summed E-state index contributed by atoms with van der Waals surface area (Å²) in [6.07, 6.45) is 0. The van der Waals surface area contributed by atoms with E-state index < -0.39 is 10.9 Å². The number of halogens is 1. The Morgan fingerprint density at radius 1 is 1.53 bits per heavy atom. The van der Waals surface area contributed by atoms with Gasteiger partial charge in [0.05, 0.1) is 15.0 Å². The molecule has 0 aromatic heterocycles. The molecule has 0 aliphatic heterocycles. The molecule has 1 aromatic carbocycles. The normalized spacial score (nSPS) is 10.1. The van der Waals surface area contributed by atoms with E-state index in [-0.39, 0.29) is 16.8 Å². The van der Waals surface area contributed by atoms with Crippen molar-refractivity contribution in [3.05, 3.63) is 37.3 Å². The van der Waals surface area contributed by atoms with Crippen LogP contribution < -0.4 is 0 Å². The first kappa shape index (κ1) is 11.6. The van der Waals surface area contributed by atoms with Crippen molar-refractivity contribution in [2.75, 3.05) is 0 Å². The maximum atomic E-state index is 10.9. The lowest BCUT2D eigenvalue weighted by atomic mass is 10.0. The second-order valence-electron chi connectivity index (χ2n) is 3.09. The fourth-order valence-corrected chi connectivity index (χ4v) is 2.26. The fraction of sp³-hybridized carbons (Fsp3) is 0.222. The number of nitro benzene ring substituents is 1. The first-order valence-corrected chi connectivity index (χ1v) is 4.83. The van der Waals surface area contributed by atoms with Gasteiger partial charge in [-0.05, 0) is 41.4 Å². The predicted octanol–water partition coefficient (Wildman–Crippen LogP) is 2.67. The molecule has 0 aliphatic rings. The molecule has 1 N–H and O–H groups in total. The Kier molecular flexibility index (Phi) is 3.09. The first-order chi connectivity index (χ1) is 6.86. The van der Waals surface area contributed by atoms with Gasteiger partial charge < -0.3 is 5.11 Å². The molecule has 1 rings (SSSR count). The number of nitrogens with zero attached hydrogens (tertiary/aromatic N) is 1. The van der Waals surface area contributed by atoms with Crippen LogP contribution in [0.5, 0.6) is 0 Å². The number of aromatic carboxylic acids is 1. The number of carboxylic acid groups (broad SMARTS) is 1. The topological polar surface area (TPSA) is 80.4 Å². The van der Waals surface area contributed by atoms with Gasteiger partial charge in [-0.2, -0.15) is 0 Å². The number of carboxylic acids is 1. The Hall–Kier alpha value is -1.43. The average molecular weight is 274 g/mol. The summed E-state index contributed by atoms with van der Waals surface area (Å²) in [5.41, 5.74) is 0.458. The van der Waals surface area contributed by atoms with Crippen LogP contribution >= 0.6 is 15.9 Å². The molecule has 0 bridgehead atoms. The van der Waals surface area contributed by atoms with Crippen molar-refractivity contribution in [3.63, 3.8) is 0 Å². The van der Waals surface area contributed by atoms with E-state index in [9.17, 15) is 14.9 Å². The molecular weight excluding hydrogens is 266 g/mol. The summed E-state index contributed by atoms with van der Waals surface area (Å²) < 4.78 is 0.299. The molecule has 6 heteroatoms. The lowest BCUT2D eigenvalue weighted by Crippen LogP contribution is -2.06. The van der Waals surface area contributed by atoms with Crippen molar-refractivity contribution in [1.82, 2.24) is 0 Å². The van der Waals surface area contributed by atoms with Crippen LogP contribution in [0, 0.1) is 24.0 Å². The highest BCUT2D eigenvalue weighted by Gasteiger charge is 2.23. The zero-order valence-electron chi connectivity index (χ0n) is 8.07. The molecule has 0 amide bonds. The van der Waals surface area contributed by atoms with E-state index in [0.717, 1.165) is 0 Å². The lowest BCUT2D eigenvalue weighted by molar-refractivity contribution is -0.386. The summed E-state index contributed by atoms with van der Waals surface area (Å²) >= 11 is 3.05. The Balaban J connectivity index is 3.64. The number of hydrogen-bond acceptors (Lipinski definition) is 3. The van der Waals surface area contributed by atoms with Crippen LogP contribution in [0.1, 0.15) is 21.5 Å². The number of hydrogen-bond donors (Lipinski definition) is 1. The van der Waals surface area contributed by atoms with Crippen LogP contribution in [0.25, 0.3) is 0 Å². The van der Waals surface area contributed by atoms with Crippen molar-refractivity contribution < 1.29 is 14.8 Å². The van der Waals surface area contributed by atoms with Gasteiger partial charge in [0.2, 0.25) is 0 Å². The molecule has 80 valence electrons. The smallest absolute Gasteiger partial charge is 0.336 e. The zero-order chi connectivity index (χ0) is 11.7. The number of rotatable bonds is 2. The molecule has 0 heterocycles. The van der Waals surface area contributed by atoms with Crippen molar-refractivity contribution >= 4 is 27.6 Å². The van der Waals surface area contributed by atoms with E-state index >= 15 is 0 Å². The summed E-state index contributed by atoms with van der Waals surface area (Å²) in [5, 5.41) is 19.6. The minimum absolute atomic E-state index is 0.00935. The lowest BCUT2D eigenvalue weighted by Gasteiger charge is -2.07. The highest BCUT2D eigenvalue weighted by atomic mass is 79.9. The van der Waals surface area contributed by atoms with E-state index in [4.69, 9.17) is 5.11 Å². The van der Waals surface area contributed by atoms with Gasteiger partial charge in [-0.1, -0.05) is 0 Å². The highest BCUT2D eigenvalue weighted by molar-refractivity contribution is 9.10. The Bertz CT molecular complexity index is 418. The number of nitro groups is 1. The minimum atomic E-state index is -1.15. The van der Waals surface area contributed by atoms with Gasteiger partial charge in [0.1, 0.15) is 0 Å². The standard InChI is InChI=1S/C9H8BrNO4/c1-4-3-6(10)8(11(14)15)5(2)7(4)9(12)13/h3H,1-2H3,(H,12,13). The van der Waals surface area contributed by atoms with Gasteiger partial charge >= 0.3 is 5.97 Å². The van der Waals surface area contributed by atoms with E-state index in [2.05, 4.69) is 15.9 Å². The number of benzene rings is 1. The van der Waals surface area contributed by atoms with Gasteiger partial charge in [0.15, 0.2) is 0 Å². The van der Waals surface area contributed by atoms with Crippen molar-refractivity contribution in [3.8, 4) is 0 Å². The molecule has 0 unspecified atom stereocenters. The highest BCUT2D eigenvalue weighted by Crippen LogP contribution is 2.32. The fourth-order valence-electron chi connectivity index (χ4n) is 1.48. The molecule has 1 aromatic rings. The molecular formula is C9H8BrNO4. The van der Waals surface area contributed by atoms with Crippen molar-refractivity contribution in [2.45, 2.75) is 13.8 Å². The van der Waals surface area contributed by atoms with Crippen LogP contribution in [0.4, 0.5) is 5.69 Å². The summed E-state index contributed by atoms with van der Waals surface area (Å²) in [4.78, 5) is 21.0. The zero-order valence-corrected chi connectivity index (χ0v) is 9.66. The molecule has 0 saturated carbocycles. The molecule has 15 heavy (non-hydrogen) atoms. The van der Waals surface area contributed by atoms with Crippen LogP contribution in [-0.4, -0.2) is 16.0 Å². The summed E-state index contributed by atoms with van der Waals surface area (Å²) in [7, 11) is 0. The first-order valence-electron chi connectivity index (χ1n) is 4.03. The number of carbonyl (C=O) groups is 1. The molecule has 0 aliphatic carbocycles. The Morgan fingerprint density at radius 3 is 2.47 bits per heavy atom. The van der Waals surface area contributed by atoms with Crippen LogP contribution in [0.3, 0.4) is 0 Å². The van der Waals surface area contributed by atoms with Crippen LogP contribution in [-0.2, 0) is 0 Å². The Labute approximate surface area is 94.0 Å². The summed E-state index contributed by atoms with van der Waals surface area (Å²) in [6, 6.07) is 1.44. The van der Waals surface area contributed by atoms with E-state index in [0.29, 0.717) is 10.0 Å². The van der Waals surface area contributed by atoms with Gasteiger partial charge in [-0.25, -0.2) is 4.79 Å². The van der Waals surface area contributed by atoms with Gasteiger partial charge in [-0.15, -0.1) is 0 Å². The summed E-state index contributed by atoms with van der Waals surface area (Å²) in [5.74, 6) is -1.15. The van der Waals surface area contributed by atoms with E-state index in [1.54, 1.807) is 6.92 Å². The number of aryl methyl sites for hydroxylation is 1. The third-order valence-corrected chi connectivity index (χ3v) is 2.69. The van der Waals surface area contributed by atoms with Gasteiger partial charge in [0.25, 0.3) is 5.69 Å². The van der Waals surface area contributed by atoms with E-state index in [1.807, 2.05) is 0 Å². The van der Waals surface area contributed by atoms with Gasteiger partial charge in [-0.3, -0.25) is 10.1 Å².